The molecule has 18 heavy (non-hydrogen) atoms. The number of sulfonamides is 1. The molecule has 1 unspecified atom stereocenters. The zero-order valence-electron chi connectivity index (χ0n) is 9.67. The minimum absolute atomic E-state index is 0.176. The van der Waals surface area contributed by atoms with Gasteiger partial charge in [0.15, 0.2) is 0 Å². The number of hydrogen-bond donors (Lipinski definition) is 2. The third-order valence-electron chi connectivity index (χ3n) is 2.71. The summed E-state index contributed by atoms with van der Waals surface area (Å²) in [4.78, 5) is 10.6. The van der Waals surface area contributed by atoms with Crippen molar-refractivity contribution in [3.05, 3.63) is 16.3 Å². The molecule has 1 aromatic heterocycles. The average molecular weight is 291 g/mol. The molecule has 0 bridgehead atoms. The molecule has 8 heteroatoms. The Kier molecular flexibility index (Phi) is 3.45. The van der Waals surface area contributed by atoms with Gasteiger partial charge in [0.1, 0.15) is 9.77 Å². The molecule has 1 aliphatic rings. The number of rotatable bonds is 4. The van der Waals surface area contributed by atoms with Crippen molar-refractivity contribution < 1.29 is 23.1 Å². The molecule has 100 valence electrons. The molecule has 1 fully saturated rings. The maximum atomic E-state index is 12.2. The molecule has 2 heterocycles. The summed E-state index contributed by atoms with van der Waals surface area (Å²) in [7, 11) is -3.83. The van der Waals surface area contributed by atoms with E-state index in [9.17, 15) is 13.2 Å². The van der Waals surface area contributed by atoms with Gasteiger partial charge in [0.2, 0.25) is 10.0 Å². The number of aromatic carboxylic acids is 1. The Bertz CT molecular complexity index is 557. The lowest BCUT2D eigenvalue weighted by atomic mass is 10.0. The molecule has 2 rings (SSSR count). The van der Waals surface area contributed by atoms with Gasteiger partial charge in [-0.2, -0.15) is 0 Å². The Morgan fingerprint density at radius 1 is 1.61 bits per heavy atom. The van der Waals surface area contributed by atoms with Crippen LogP contribution in [0, 0.1) is 0 Å². The van der Waals surface area contributed by atoms with Crippen molar-refractivity contribution in [1.82, 2.24) is 4.72 Å². The molecular formula is C10H13NO5S2. The zero-order valence-corrected chi connectivity index (χ0v) is 11.3. The van der Waals surface area contributed by atoms with Crippen molar-refractivity contribution in [1.29, 1.82) is 0 Å². The van der Waals surface area contributed by atoms with Crippen LogP contribution in [0.15, 0.2) is 16.3 Å². The molecule has 1 saturated heterocycles. The summed E-state index contributed by atoms with van der Waals surface area (Å²) in [6.45, 7) is 2.53. The number of nitrogens with one attached hydrogen (secondary N) is 1. The first-order chi connectivity index (χ1) is 8.34. The summed E-state index contributed by atoms with van der Waals surface area (Å²) in [5, 5.41) is 10.4. The second kappa shape index (κ2) is 4.61. The quantitative estimate of drug-likeness (QED) is 0.860. The number of thiophene rings is 1. The first kappa shape index (κ1) is 13.5. The SMILES string of the molecule is CC1(NS(=O)(=O)c2ccsc2C(=O)O)CCOC1. The van der Waals surface area contributed by atoms with E-state index in [2.05, 4.69) is 4.72 Å². The van der Waals surface area contributed by atoms with Gasteiger partial charge in [-0.15, -0.1) is 11.3 Å². The van der Waals surface area contributed by atoms with Crippen molar-refractivity contribution in [3.8, 4) is 0 Å². The fourth-order valence-corrected chi connectivity index (χ4v) is 4.48. The molecule has 0 radical (unpaired) electrons. The zero-order chi connectivity index (χ0) is 13.4. The Morgan fingerprint density at radius 2 is 2.33 bits per heavy atom. The third kappa shape index (κ3) is 2.56. The van der Waals surface area contributed by atoms with E-state index in [1.807, 2.05) is 0 Å². The second-order valence-corrected chi connectivity index (χ2v) is 6.95. The molecule has 2 N–H and O–H groups in total. The fraction of sp³-hybridized carbons (Fsp3) is 0.500. The third-order valence-corrected chi connectivity index (χ3v) is 5.42. The summed E-state index contributed by atoms with van der Waals surface area (Å²) in [6, 6.07) is 1.30. The lowest BCUT2D eigenvalue weighted by molar-refractivity contribution is 0.0698. The first-order valence-corrected chi connectivity index (χ1v) is 7.63. The average Bonchev–Trinajstić information content (AvgIpc) is 2.85. The van der Waals surface area contributed by atoms with Crippen LogP contribution in [0.1, 0.15) is 23.0 Å². The van der Waals surface area contributed by atoms with E-state index in [1.54, 1.807) is 6.92 Å². The Balaban J connectivity index is 2.31. The van der Waals surface area contributed by atoms with Crippen LogP contribution in [0.5, 0.6) is 0 Å². The van der Waals surface area contributed by atoms with Gasteiger partial charge in [0, 0.05) is 6.61 Å². The molecule has 1 aromatic rings. The smallest absolute Gasteiger partial charge is 0.347 e. The van der Waals surface area contributed by atoms with Crippen LogP contribution in [0.25, 0.3) is 0 Å². The van der Waals surface area contributed by atoms with E-state index in [1.165, 1.54) is 11.4 Å². The van der Waals surface area contributed by atoms with Crippen LogP contribution in [0.3, 0.4) is 0 Å². The van der Waals surface area contributed by atoms with Gasteiger partial charge in [-0.05, 0) is 24.8 Å². The highest BCUT2D eigenvalue weighted by molar-refractivity contribution is 7.89. The van der Waals surface area contributed by atoms with Crippen molar-refractivity contribution in [3.63, 3.8) is 0 Å². The van der Waals surface area contributed by atoms with Gasteiger partial charge >= 0.3 is 5.97 Å². The highest BCUT2D eigenvalue weighted by Gasteiger charge is 2.36. The van der Waals surface area contributed by atoms with Crippen LogP contribution in [0.2, 0.25) is 0 Å². The molecule has 0 saturated carbocycles. The maximum Gasteiger partial charge on any atom is 0.347 e. The number of carboxylic acid groups (broad SMARTS) is 1. The minimum atomic E-state index is -3.83. The fourth-order valence-electron chi connectivity index (χ4n) is 1.79. The molecule has 0 aliphatic carbocycles. The van der Waals surface area contributed by atoms with E-state index >= 15 is 0 Å². The summed E-state index contributed by atoms with van der Waals surface area (Å²) in [5.41, 5.74) is -0.670. The number of carbonyl (C=O) groups is 1. The molecule has 0 aromatic carbocycles. The van der Waals surface area contributed by atoms with Gasteiger partial charge in [0.25, 0.3) is 0 Å². The van der Waals surface area contributed by atoms with Gasteiger partial charge in [-0.1, -0.05) is 0 Å². The molecular weight excluding hydrogens is 278 g/mol. The number of ether oxygens (including phenoxy) is 1. The van der Waals surface area contributed by atoms with Crippen molar-refractivity contribution in [2.24, 2.45) is 0 Å². The van der Waals surface area contributed by atoms with E-state index < -0.39 is 21.5 Å². The van der Waals surface area contributed by atoms with Gasteiger partial charge in [0.05, 0.1) is 12.1 Å². The van der Waals surface area contributed by atoms with Crippen LogP contribution >= 0.6 is 11.3 Å². The van der Waals surface area contributed by atoms with Crippen LogP contribution in [0.4, 0.5) is 0 Å². The first-order valence-electron chi connectivity index (χ1n) is 5.27. The van der Waals surface area contributed by atoms with Crippen LogP contribution < -0.4 is 4.72 Å². The Hall–Kier alpha value is -0.960. The summed E-state index contributed by atoms with van der Waals surface area (Å²) >= 11 is 0.891. The standard InChI is InChI=1S/C10H13NO5S2/c1-10(3-4-16-6-10)11-18(14,15)7-2-5-17-8(7)9(12)13/h2,5,11H,3-4,6H2,1H3,(H,12,13). The van der Waals surface area contributed by atoms with Crippen LogP contribution in [-0.4, -0.2) is 38.2 Å². The monoisotopic (exact) mass is 291 g/mol. The molecule has 1 aliphatic heterocycles. The molecule has 0 spiro atoms. The lowest BCUT2D eigenvalue weighted by Crippen LogP contribution is -2.46. The molecule has 6 nitrogen and oxygen atoms in total. The van der Waals surface area contributed by atoms with Gasteiger partial charge < -0.3 is 9.84 Å². The van der Waals surface area contributed by atoms with E-state index in [0.29, 0.717) is 19.6 Å². The lowest BCUT2D eigenvalue weighted by Gasteiger charge is -2.23. The van der Waals surface area contributed by atoms with E-state index in [0.717, 1.165) is 11.3 Å². The van der Waals surface area contributed by atoms with Gasteiger partial charge in [-0.25, -0.2) is 17.9 Å². The highest BCUT2D eigenvalue weighted by Crippen LogP contribution is 2.25. The van der Waals surface area contributed by atoms with E-state index in [4.69, 9.17) is 9.84 Å². The summed E-state index contributed by atoms with van der Waals surface area (Å²) in [6.07, 6.45) is 0.568. The molecule has 0 amide bonds. The van der Waals surface area contributed by atoms with Gasteiger partial charge in [-0.3, -0.25) is 0 Å². The Morgan fingerprint density at radius 3 is 2.89 bits per heavy atom. The van der Waals surface area contributed by atoms with E-state index in [-0.39, 0.29) is 9.77 Å². The minimum Gasteiger partial charge on any atom is -0.477 e. The predicted octanol–water partition coefficient (Wildman–Crippen LogP) is 0.904. The summed E-state index contributed by atoms with van der Waals surface area (Å²) < 4.78 is 32.0. The molecule has 1 atom stereocenters. The van der Waals surface area contributed by atoms with Crippen molar-refractivity contribution >= 4 is 27.3 Å². The predicted molar refractivity (Wildman–Crippen MR) is 65.4 cm³/mol. The largest absolute Gasteiger partial charge is 0.477 e. The normalized spacial score (nSPS) is 24.3. The van der Waals surface area contributed by atoms with Crippen molar-refractivity contribution in [2.75, 3.05) is 13.2 Å². The second-order valence-electron chi connectivity index (χ2n) is 4.39. The topological polar surface area (TPSA) is 92.7 Å². The van der Waals surface area contributed by atoms with Crippen LogP contribution in [-0.2, 0) is 14.8 Å². The number of carboxylic acids is 1. The van der Waals surface area contributed by atoms with Crippen molar-refractivity contribution in [2.45, 2.75) is 23.8 Å². The maximum absolute atomic E-state index is 12.2. The number of hydrogen-bond acceptors (Lipinski definition) is 5. The highest BCUT2D eigenvalue weighted by atomic mass is 32.2. The Labute approximate surface area is 109 Å². The summed E-state index contributed by atoms with van der Waals surface area (Å²) in [5.74, 6) is -1.24.